The molecular formula is C25H28N4OS. The Morgan fingerprint density at radius 3 is 2.13 bits per heavy atom. The van der Waals surface area contributed by atoms with Crippen molar-refractivity contribution in [3.63, 3.8) is 0 Å². The van der Waals surface area contributed by atoms with Crippen LogP contribution in [0.3, 0.4) is 0 Å². The van der Waals surface area contributed by atoms with Crippen molar-refractivity contribution < 1.29 is 4.79 Å². The Balaban J connectivity index is 1.62. The Morgan fingerprint density at radius 1 is 0.968 bits per heavy atom. The molecule has 1 aliphatic rings. The average molecular weight is 433 g/mol. The molecule has 1 saturated heterocycles. The predicted molar refractivity (Wildman–Crippen MR) is 126 cm³/mol. The van der Waals surface area contributed by atoms with Crippen LogP contribution in [0.5, 0.6) is 0 Å². The fraction of sp³-hybridized carbons (Fsp3) is 0.360. The summed E-state index contributed by atoms with van der Waals surface area (Å²) in [5, 5.41) is 9.29. The number of amides is 1. The second kappa shape index (κ2) is 10.1. The quantitative estimate of drug-likeness (QED) is 0.493. The molecule has 2 heterocycles. The normalized spacial score (nSPS) is 15.6. The molecular weight excluding hydrogens is 404 g/mol. The van der Waals surface area contributed by atoms with Gasteiger partial charge in [0.25, 0.3) is 0 Å². The number of benzene rings is 2. The minimum absolute atomic E-state index is 0.191. The zero-order valence-corrected chi connectivity index (χ0v) is 18.9. The molecule has 3 aromatic rings. The summed E-state index contributed by atoms with van der Waals surface area (Å²) in [6, 6.07) is 20.0. The number of nitrogens with zero attached hydrogens (tertiary/aromatic N) is 4. The third kappa shape index (κ3) is 5.13. The van der Waals surface area contributed by atoms with Gasteiger partial charge in [-0.25, -0.2) is 4.98 Å². The largest absolute Gasteiger partial charge is 0.342 e. The Labute approximate surface area is 188 Å². The highest BCUT2D eigenvalue weighted by atomic mass is 32.2. The highest BCUT2D eigenvalue weighted by Crippen LogP contribution is 2.32. The number of hydrogen-bond donors (Lipinski definition) is 0. The number of thioether (sulfide) groups is 1. The third-order valence-electron chi connectivity index (χ3n) is 5.75. The molecule has 4 rings (SSSR count). The van der Waals surface area contributed by atoms with Gasteiger partial charge in [0.2, 0.25) is 11.1 Å². The number of piperidine rings is 1. The van der Waals surface area contributed by atoms with Crippen LogP contribution in [-0.2, 0) is 4.79 Å². The molecule has 0 spiro atoms. The second-order valence-corrected chi connectivity index (χ2v) is 9.22. The lowest BCUT2D eigenvalue weighted by Crippen LogP contribution is -2.42. The summed E-state index contributed by atoms with van der Waals surface area (Å²) in [6.07, 6.45) is 2.89. The molecule has 160 valence electrons. The Hall–Kier alpha value is -2.73. The third-order valence-corrected chi connectivity index (χ3v) is 6.95. The van der Waals surface area contributed by atoms with E-state index < -0.39 is 0 Å². The van der Waals surface area contributed by atoms with Crippen molar-refractivity contribution in [3.8, 4) is 22.5 Å². The first-order valence-electron chi connectivity index (χ1n) is 11.0. The molecule has 0 radical (unpaired) electrons. The minimum atomic E-state index is -0.193. The van der Waals surface area contributed by atoms with Crippen LogP contribution < -0.4 is 0 Å². The monoisotopic (exact) mass is 432 g/mol. The van der Waals surface area contributed by atoms with Gasteiger partial charge in [0.15, 0.2) is 0 Å². The second-order valence-electron chi connectivity index (χ2n) is 8.05. The number of aromatic nitrogens is 3. The van der Waals surface area contributed by atoms with Crippen molar-refractivity contribution in [2.75, 3.05) is 13.1 Å². The first-order chi connectivity index (χ1) is 15.2. The van der Waals surface area contributed by atoms with Crippen LogP contribution in [0.15, 0.2) is 65.8 Å². The summed E-state index contributed by atoms with van der Waals surface area (Å²) in [5.74, 6) is 0.889. The molecule has 1 aromatic heterocycles. The van der Waals surface area contributed by atoms with Crippen LogP contribution in [0.1, 0.15) is 33.1 Å². The maximum Gasteiger partial charge on any atom is 0.236 e. The van der Waals surface area contributed by atoms with Crippen molar-refractivity contribution in [1.29, 1.82) is 0 Å². The minimum Gasteiger partial charge on any atom is -0.342 e. The Bertz CT molecular complexity index is 1000. The van der Waals surface area contributed by atoms with Crippen molar-refractivity contribution in [3.05, 3.63) is 60.7 Å². The van der Waals surface area contributed by atoms with Crippen LogP contribution in [-0.4, -0.2) is 44.3 Å². The van der Waals surface area contributed by atoms with Gasteiger partial charge in [-0.05, 0) is 25.2 Å². The van der Waals surface area contributed by atoms with Crippen LogP contribution in [0, 0.1) is 5.92 Å². The van der Waals surface area contributed by atoms with Crippen LogP contribution >= 0.6 is 11.8 Å². The zero-order chi connectivity index (χ0) is 21.6. The summed E-state index contributed by atoms with van der Waals surface area (Å²) < 4.78 is 0. The molecule has 0 saturated carbocycles. The van der Waals surface area contributed by atoms with Gasteiger partial charge in [-0.15, -0.1) is 10.2 Å². The average Bonchev–Trinajstić information content (AvgIpc) is 2.83. The molecule has 5 nitrogen and oxygen atoms in total. The molecule has 1 aliphatic heterocycles. The van der Waals surface area contributed by atoms with Gasteiger partial charge in [0.05, 0.1) is 5.25 Å². The van der Waals surface area contributed by atoms with Gasteiger partial charge >= 0.3 is 0 Å². The van der Waals surface area contributed by atoms with E-state index in [1.807, 2.05) is 72.5 Å². The van der Waals surface area contributed by atoms with E-state index >= 15 is 0 Å². The highest BCUT2D eigenvalue weighted by molar-refractivity contribution is 8.00. The molecule has 1 atom stereocenters. The lowest BCUT2D eigenvalue weighted by atomic mass is 9.99. The molecule has 1 amide bonds. The van der Waals surface area contributed by atoms with E-state index in [4.69, 9.17) is 4.98 Å². The number of carbonyl (C=O) groups is 1. The molecule has 0 bridgehead atoms. The smallest absolute Gasteiger partial charge is 0.236 e. The van der Waals surface area contributed by atoms with Gasteiger partial charge in [-0.2, -0.15) is 0 Å². The van der Waals surface area contributed by atoms with E-state index in [1.54, 1.807) is 0 Å². The van der Waals surface area contributed by atoms with E-state index in [0.717, 1.165) is 54.9 Å². The van der Waals surface area contributed by atoms with E-state index in [1.165, 1.54) is 11.8 Å². The van der Waals surface area contributed by atoms with Crippen LogP contribution in [0.4, 0.5) is 0 Å². The SMILES string of the molecule is CC[C@@H](Sc1nnc(-c2ccccc2)c(-c2ccccc2)n1)C(=O)N1CCC(C)CC1. The molecule has 2 aromatic carbocycles. The van der Waals surface area contributed by atoms with E-state index in [9.17, 15) is 4.79 Å². The molecule has 0 N–H and O–H groups in total. The van der Waals surface area contributed by atoms with E-state index in [-0.39, 0.29) is 11.2 Å². The summed E-state index contributed by atoms with van der Waals surface area (Å²) >= 11 is 1.43. The van der Waals surface area contributed by atoms with Crippen molar-refractivity contribution in [2.24, 2.45) is 5.92 Å². The summed E-state index contributed by atoms with van der Waals surface area (Å²) in [6.45, 7) is 6.00. The lowest BCUT2D eigenvalue weighted by Gasteiger charge is -2.32. The predicted octanol–water partition coefficient (Wildman–Crippen LogP) is 5.33. The van der Waals surface area contributed by atoms with Crippen LogP contribution in [0.2, 0.25) is 0 Å². The molecule has 0 unspecified atom stereocenters. The van der Waals surface area contributed by atoms with Gasteiger partial charge in [-0.1, -0.05) is 86.3 Å². The fourth-order valence-corrected chi connectivity index (χ4v) is 4.72. The highest BCUT2D eigenvalue weighted by Gasteiger charge is 2.28. The van der Waals surface area contributed by atoms with Crippen molar-refractivity contribution >= 4 is 17.7 Å². The molecule has 1 fully saturated rings. The van der Waals surface area contributed by atoms with Crippen LogP contribution in [0.25, 0.3) is 22.5 Å². The lowest BCUT2D eigenvalue weighted by molar-refractivity contribution is -0.131. The van der Waals surface area contributed by atoms with Gasteiger partial charge in [0, 0.05) is 24.2 Å². The number of rotatable bonds is 6. The summed E-state index contributed by atoms with van der Waals surface area (Å²) in [4.78, 5) is 20.0. The Morgan fingerprint density at radius 2 is 1.55 bits per heavy atom. The van der Waals surface area contributed by atoms with Gasteiger partial charge in [0.1, 0.15) is 11.4 Å². The molecule has 31 heavy (non-hydrogen) atoms. The number of hydrogen-bond acceptors (Lipinski definition) is 5. The topological polar surface area (TPSA) is 59.0 Å². The number of likely N-dealkylation sites (tertiary alicyclic amines) is 1. The fourth-order valence-electron chi connectivity index (χ4n) is 3.82. The van der Waals surface area contributed by atoms with Gasteiger partial charge in [-0.3, -0.25) is 4.79 Å². The standard InChI is InChI=1S/C25H28N4OS/c1-3-21(24(30)29-16-14-18(2)15-17-29)31-25-26-22(19-10-6-4-7-11-19)23(27-28-25)20-12-8-5-9-13-20/h4-13,18,21H,3,14-17H2,1-2H3/t21-/m1/s1. The Kier molecular flexibility index (Phi) is 6.97. The first-order valence-corrected chi connectivity index (χ1v) is 11.8. The number of carbonyl (C=O) groups excluding carboxylic acids is 1. The maximum absolute atomic E-state index is 13.1. The van der Waals surface area contributed by atoms with Crippen molar-refractivity contribution in [2.45, 2.75) is 43.5 Å². The first kappa shape index (κ1) is 21.5. The molecule has 6 heteroatoms. The summed E-state index contributed by atoms with van der Waals surface area (Å²) in [7, 11) is 0. The molecule has 0 aliphatic carbocycles. The maximum atomic E-state index is 13.1. The zero-order valence-electron chi connectivity index (χ0n) is 18.1. The van der Waals surface area contributed by atoms with E-state index in [0.29, 0.717) is 11.1 Å². The summed E-state index contributed by atoms with van der Waals surface area (Å²) in [5.41, 5.74) is 3.50. The van der Waals surface area contributed by atoms with Gasteiger partial charge < -0.3 is 4.90 Å². The van der Waals surface area contributed by atoms with Crippen molar-refractivity contribution in [1.82, 2.24) is 20.1 Å². The van der Waals surface area contributed by atoms with E-state index in [2.05, 4.69) is 17.1 Å².